The van der Waals surface area contributed by atoms with Gasteiger partial charge in [-0.1, -0.05) is 18.2 Å². The Balaban J connectivity index is 1.33. The topological polar surface area (TPSA) is 87.1 Å². The molecule has 0 spiro atoms. The summed E-state index contributed by atoms with van der Waals surface area (Å²) in [6, 6.07) is 16.5. The van der Waals surface area contributed by atoms with Crippen LogP contribution in [-0.4, -0.2) is 68.4 Å². The van der Waals surface area contributed by atoms with Crippen LogP contribution in [0.3, 0.4) is 0 Å². The number of rotatable bonds is 4. The molecule has 8 heteroatoms. The Morgan fingerprint density at radius 1 is 1.00 bits per heavy atom. The van der Waals surface area contributed by atoms with E-state index in [9.17, 15) is 9.59 Å². The van der Waals surface area contributed by atoms with Gasteiger partial charge in [-0.2, -0.15) is 0 Å². The molecule has 0 unspecified atom stereocenters. The summed E-state index contributed by atoms with van der Waals surface area (Å²) in [5, 5.41) is 9.47. The molecule has 1 amide bonds. The summed E-state index contributed by atoms with van der Waals surface area (Å²) in [5.41, 5.74) is 3.82. The van der Waals surface area contributed by atoms with Crippen molar-refractivity contribution >= 4 is 16.8 Å². The van der Waals surface area contributed by atoms with E-state index < -0.39 is 0 Å². The highest BCUT2D eigenvalue weighted by Gasteiger charge is 2.21. The van der Waals surface area contributed by atoms with E-state index in [0.29, 0.717) is 5.56 Å². The minimum absolute atomic E-state index is 0.0702. The molecule has 1 fully saturated rings. The van der Waals surface area contributed by atoms with Gasteiger partial charge in [0.2, 0.25) is 5.56 Å². The monoisotopic (exact) mass is 428 g/mol. The lowest BCUT2D eigenvalue weighted by molar-refractivity contribution is 0.0643. The van der Waals surface area contributed by atoms with Gasteiger partial charge in [-0.3, -0.25) is 9.59 Å². The third-order valence-corrected chi connectivity index (χ3v) is 6.00. The summed E-state index contributed by atoms with van der Waals surface area (Å²) in [7, 11) is 0. The smallest absolute Gasteiger partial charge is 0.253 e. The summed E-state index contributed by atoms with van der Waals surface area (Å²) in [4.78, 5) is 31.4. The number of likely N-dealkylation sites (N-methyl/N-ethyl adjacent to an activating group) is 1. The number of amides is 1. The predicted octanol–water partition coefficient (Wildman–Crippen LogP) is 2.55. The molecule has 32 heavy (non-hydrogen) atoms. The van der Waals surface area contributed by atoms with E-state index in [1.165, 1.54) is 6.07 Å². The number of fused-ring (bicyclic) bond motifs is 1. The lowest BCUT2D eigenvalue weighted by atomic mass is 10.1. The first-order valence-electron chi connectivity index (χ1n) is 10.8. The maximum absolute atomic E-state index is 12.8. The molecule has 0 aliphatic carbocycles. The van der Waals surface area contributed by atoms with Crippen LogP contribution in [-0.2, 0) is 0 Å². The lowest BCUT2D eigenvalue weighted by Gasteiger charge is -2.34. The normalized spacial score (nSPS) is 14.7. The molecule has 1 saturated heterocycles. The highest BCUT2D eigenvalue weighted by atomic mass is 16.2. The average molecular weight is 428 g/mol. The molecule has 162 valence electrons. The van der Waals surface area contributed by atoms with Crippen molar-refractivity contribution in [2.75, 3.05) is 32.7 Å². The molecule has 1 N–H and O–H groups in total. The van der Waals surface area contributed by atoms with Crippen molar-refractivity contribution in [3.8, 4) is 16.9 Å². The number of carbonyl (C=O) groups excluding carboxylic acids is 1. The number of aromatic amines is 1. The number of nitrogens with zero attached hydrogens (tertiary/aromatic N) is 5. The zero-order valence-electron chi connectivity index (χ0n) is 17.9. The summed E-state index contributed by atoms with van der Waals surface area (Å²) in [6.07, 6.45) is 1.85. The van der Waals surface area contributed by atoms with Crippen molar-refractivity contribution in [2.24, 2.45) is 0 Å². The predicted molar refractivity (Wildman–Crippen MR) is 123 cm³/mol. The molecule has 0 radical (unpaired) electrons. The number of nitrogens with one attached hydrogen (secondary N) is 1. The Labute approximate surface area is 185 Å². The van der Waals surface area contributed by atoms with Gasteiger partial charge in [0.25, 0.3) is 5.91 Å². The third-order valence-electron chi connectivity index (χ3n) is 6.00. The Kier molecular flexibility index (Phi) is 5.28. The number of benzene rings is 2. The number of piperazine rings is 1. The van der Waals surface area contributed by atoms with Crippen molar-refractivity contribution in [3.05, 3.63) is 76.7 Å². The van der Waals surface area contributed by atoms with Crippen molar-refractivity contribution in [1.29, 1.82) is 0 Å². The van der Waals surface area contributed by atoms with E-state index in [4.69, 9.17) is 0 Å². The second kappa shape index (κ2) is 8.39. The molecule has 1 aliphatic heterocycles. The number of hydrogen-bond donors (Lipinski definition) is 1. The second-order valence-electron chi connectivity index (χ2n) is 7.95. The SMILES string of the molecule is CCN1CCN(C(=O)c2ccc(-n3cc(-c4ccc5[nH]c(=O)ccc5c4)nn3)cc2)CC1. The third kappa shape index (κ3) is 3.92. The van der Waals surface area contributed by atoms with Crippen LogP contribution >= 0.6 is 0 Å². The summed E-state index contributed by atoms with van der Waals surface area (Å²) in [5.74, 6) is 0.0702. The molecule has 0 saturated carbocycles. The Bertz CT molecular complexity index is 1320. The fourth-order valence-electron chi connectivity index (χ4n) is 4.04. The van der Waals surface area contributed by atoms with E-state index in [1.54, 1.807) is 10.7 Å². The highest BCUT2D eigenvalue weighted by Crippen LogP contribution is 2.22. The molecular formula is C24H24N6O2. The molecule has 2 aromatic carbocycles. The van der Waals surface area contributed by atoms with Gasteiger partial charge >= 0.3 is 0 Å². The minimum atomic E-state index is -0.124. The van der Waals surface area contributed by atoms with Gasteiger partial charge in [0.05, 0.1) is 11.9 Å². The van der Waals surface area contributed by atoms with Gasteiger partial charge in [0.1, 0.15) is 5.69 Å². The van der Waals surface area contributed by atoms with Crippen LogP contribution in [0.2, 0.25) is 0 Å². The van der Waals surface area contributed by atoms with Crippen LogP contribution in [0.1, 0.15) is 17.3 Å². The first-order valence-corrected chi connectivity index (χ1v) is 10.8. The first-order chi connectivity index (χ1) is 15.6. The maximum Gasteiger partial charge on any atom is 0.253 e. The van der Waals surface area contributed by atoms with Crippen LogP contribution in [0.15, 0.2) is 65.6 Å². The fourth-order valence-corrected chi connectivity index (χ4v) is 4.04. The standard InChI is InChI=1S/C24H24N6O2/c1-2-28-11-13-29(14-12-28)24(32)17-3-7-20(8-4-17)30-16-22(26-27-30)19-5-9-21-18(15-19)6-10-23(31)25-21/h3-10,15-16H,2,11-14H2,1H3,(H,25,31). The summed E-state index contributed by atoms with van der Waals surface area (Å²) in [6.45, 7) is 6.55. The molecular weight excluding hydrogens is 404 g/mol. The van der Waals surface area contributed by atoms with Crippen molar-refractivity contribution in [3.63, 3.8) is 0 Å². The van der Waals surface area contributed by atoms with E-state index in [1.807, 2.05) is 53.6 Å². The Hall–Kier alpha value is -3.78. The van der Waals surface area contributed by atoms with Crippen molar-refractivity contribution in [2.45, 2.75) is 6.92 Å². The van der Waals surface area contributed by atoms with Gasteiger partial charge in [-0.25, -0.2) is 4.68 Å². The molecule has 4 aromatic rings. The fraction of sp³-hybridized carbons (Fsp3) is 0.250. The summed E-state index contributed by atoms with van der Waals surface area (Å²) >= 11 is 0. The van der Waals surface area contributed by atoms with Crippen molar-refractivity contribution in [1.82, 2.24) is 29.8 Å². The van der Waals surface area contributed by atoms with Crippen LogP contribution in [0.4, 0.5) is 0 Å². The first kappa shape index (κ1) is 20.1. The number of H-pyrrole nitrogens is 1. The molecule has 0 bridgehead atoms. The molecule has 8 nitrogen and oxygen atoms in total. The zero-order valence-corrected chi connectivity index (χ0v) is 17.9. The Morgan fingerprint density at radius 2 is 1.78 bits per heavy atom. The number of pyridine rings is 1. The van der Waals surface area contributed by atoms with E-state index in [0.717, 1.165) is 60.6 Å². The van der Waals surface area contributed by atoms with E-state index in [2.05, 4.69) is 27.1 Å². The molecule has 0 atom stereocenters. The van der Waals surface area contributed by atoms with Gasteiger partial charge in [-0.05, 0) is 54.4 Å². The van der Waals surface area contributed by atoms with Gasteiger partial charge in [0.15, 0.2) is 0 Å². The largest absolute Gasteiger partial charge is 0.336 e. The average Bonchev–Trinajstić information content (AvgIpc) is 3.34. The highest BCUT2D eigenvalue weighted by molar-refractivity contribution is 5.94. The Morgan fingerprint density at radius 3 is 2.53 bits per heavy atom. The quantitative estimate of drug-likeness (QED) is 0.540. The summed E-state index contributed by atoms with van der Waals surface area (Å²) < 4.78 is 1.70. The van der Waals surface area contributed by atoms with Gasteiger partial charge in [0, 0.05) is 48.9 Å². The molecule has 5 rings (SSSR count). The van der Waals surface area contributed by atoms with Crippen LogP contribution in [0.25, 0.3) is 27.8 Å². The van der Waals surface area contributed by atoms with Gasteiger partial charge < -0.3 is 14.8 Å². The second-order valence-corrected chi connectivity index (χ2v) is 7.95. The number of carbonyl (C=O) groups is 1. The minimum Gasteiger partial charge on any atom is -0.336 e. The lowest BCUT2D eigenvalue weighted by Crippen LogP contribution is -2.48. The van der Waals surface area contributed by atoms with Crippen LogP contribution in [0, 0.1) is 0 Å². The van der Waals surface area contributed by atoms with Crippen LogP contribution < -0.4 is 5.56 Å². The number of hydrogen-bond acceptors (Lipinski definition) is 5. The van der Waals surface area contributed by atoms with Crippen molar-refractivity contribution < 1.29 is 4.79 Å². The maximum atomic E-state index is 12.8. The molecule has 3 heterocycles. The molecule has 1 aliphatic rings. The zero-order chi connectivity index (χ0) is 22.1. The van der Waals surface area contributed by atoms with Crippen LogP contribution in [0.5, 0.6) is 0 Å². The van der Waals surface area contributed by atoms with Gasteiger partial charge in [-0.15, -0.1) is 5.10 Å². The number of aromatic nitrogens is 4. The molecule has 2 aromatic heterocycles. The van der Waals surface area contributed by atoms with E-state index >= 15 is 0 Å². The van der Waals surface area contributed by atoms with E-state index in [-0.39, 0.29) is 11.5 Å².